The van der Waals surface area contributed by atoms with E-state index in [9.17, 15) is 5.26 Å². The predicted molar refractivity (Wildman–Crippen MR) is 156 cm³/mol. The molecule has 6 heteroatoms. The number of hydrogen-bond donors (Lipinski definition) is 0. The molecular weight excluding hydrogens is 545 g/mol. The number of rotatable bonds is 4. The summed E-state index contributed by atoms with van der Waals surface area (Å²) in [6.45, 7) is 0. The maximum atomic E-state index is 9.41. The summed E-state index contributed by atoms with van der Waals surface area (Å²) in [5, 5.41) is 11.8. The number of hydrogen-bond acceptors (Lipinski definition) is 5. The summed E-state index contributed by atoms with van der Waals surface area (Å²) >= 11 is 0.129. The average Bonchev–Trinajstić information content (AvgIpc) is 3.47. The van der Waals surface area contributed by atoms with Crippen LogP contribution in [0.3, 0.4) is 0 Å². The summed E-state index contributed by atoms with van der Waals surface area (Å²) in [5.74, 6) is 1.72. The number of benzene rings is 5. The zero-order valence-corrected chi connectivity index (χ0v) is 22.3. The molecule has 0 fully saturated rings. The van der Waals surface area contributed by atoms with Crippen molar-refractivity contribution in [2.45, 2.75) is 0 Å². The third-order valence-corrected chi connectivity index (χ3v) is 8.99. The minimum atomic E-state index is 0.129. The Kier molecular flexibility index (Phi) is 5.79. The molecule has 2 heterocycles. The summed E-state index contributed by atoms with van der Waals surface area (Å²) in [7, 11) is 0. The van der Waals surface area contributed by atoms with E-state index in [1.807, 2.05) is 54.6 Å². The van der Waals surface area contributed by atoms with Crippen LogP contribution in [-0.2, 0) is 0 Å². The van der Waals surface area contributed by atoms with Crippen LogP contribution in [0.15, 0.2) is 115 Å². The minimum absolute atomic E-state index is 0.129. The fourth-order valence-electron chi connectivity index (χ4n) is 4.64. The number of nitriles is 1. The molecule has 5 nitrogen and oxygen atoms in total. The molecule has 0 aliphatic heterocycles. The molecule has 0 atom stereocenters. The van der Waals surface area contributed by atoms with Gasteiger partial charge >= 0.3 is 226 Å². The molecule has 0 amide bonds. The molecule has 0 bridgehead atoms. The van der Waals surface area contributed by atoms with Crippen molar-refractivity contribution in [2.75, 3.05) is 0 Å². The van der Waals surface area contributed by atoms with E-state index >= 15 is 0 Å². The Morgan fingerprint density at radius 1 is 0.538 bits per heavy atom. The van der Waals surface area contributed by atoms with Crippen molar-refractivity contribution in [3.05, 3.63) is 121 Å². The molecule has 0 saturated carbocycles. The zero-order valence-electron chi connectivity index (χ0n) is 20.6. The van der Waals surface area contributed by atoms with Crippen LogP contribution in [0.4, 0.5) is 0 Å². The van der Waals surface area contributed by atoms with Gasteiger partial charge in [0.2, 0.25) is 0 Å². The Morgan fingerprint density at radius 2 is 1.18 bits per heavy atom. The van der Waals surface area contributed by atoms with Crippen LogP contribution in [0.2, 0.25) is 0 Å². The van der Waals surface area contributed by atoms with Crippen molar-refractivity contribution in [1.82, 2.24) is 19.9 Å². The Morgan fingerprint density at radius 3 is 1.90 bits per heavy atom. The van der Waals surface area contributed by atoms with Gasteiger partial charge in [0.1, 0.15) is 0 Å². The van der Waals surface area contributed by atoms with Crippen LogP contribution in [0, 0.1) is 11.3 Å². The Hall–Kier alpha value is -4.95. The summed E-state index contributed by atoms with van der Waals surface area (Å²) in [4.78, 5) is 19.4. The van der Waals surface area contributed by atoms with Crippen LogP contribution in [0.25, 0.3) is 64.8 Å². The normalized spacial score (nSPS) is 11.1. The molecule has 39 heavy (non-hydrogen) atoms. The average molecular weight is 565 g/mol. The number of nitrogens with zero attached hydrogens (tertiary/aromatic N) is 5. The molecule has 7 rings (SSSR count). The van der Waals surface area contributed by atoms with Crippen LogP contribution in [-0.4, -0.2) is 34.4 Å². The molecule has 182 valence electrons. The zero-order chi connectivity index (χ0) is 26.2. The molecule has 0 N–H and O–H groups in total. The second-order valence-electron chi connectivity index (χ2n) is 9.10. The van der Waals surface area contributed by atoms with Gasteiger partial charge in [-0.3, -0.25) is 0 Å². The van der Waals surface area contributed by atoms with E-state index < -0.39 is 0 Å². The van der Waals surface area contributed by atoms with Gasteiger partial charge in [-0.25, -0.2) is 0 Å². The van der Waals surface area contributed by atoms with Crippen molar-refractivity contribution >= 4 is 35.1 Å². The molecule has 0 aliphatic rings. The van der Waals surface area contributed by atoms with Gasteiger partial charge in [0.25, 0.3) is 0 Å². The molecule has 0 spiro atoms. The Bertz CT molecular complexity index is 2030. The third kappa shape index (κ3) is 4.40. The van der Waals surface area contributed by atoms with E-state index in [1.54, 1.807) is 6.07 Å². The molecule has 0 saturated heterocycles. The van der Waals surface area contributed by atoms with Gasteiger partial charge in [0, 0.05) is 0 Å². The summed E-state index contributed by atoms with van der Waals surface area (Å²) in [6.07, 6.45) is 0. The molecule has 0 unspecified atom stereocenters. The number of aromatic nitrogens is 4. The first-order valence-corrected chi connectivity index (χ1v) is 14.2. The van der Waals surface area contributed by atoms with Crippen LogP contribution in [0.1, 0.15) is 5.56 Å². The van der Waals surface area contributed by atoms with E-state index in [0.29, 0.717) is 23.0 Å². The van der Waals surface area contributed by atoms with Crippen molar-refractivity contribution < 1.29 is 0 Å². The van der Waals surface area contributed by atoms with E-state index in [1.165, 1.54) is 15.2 Å². The van der Waals surface area contributed by atoms with E-state index in [0.717, 1.165) is 32.2 Å². The van der Waals surface area contributed by atoms with Crippen molar-refractivity contribution in [2.24, 2.45) is 0 Å². The van der Waals surface area contributed by atoms with Crippen LogP contribution < -0.4 is 0 Å². The van der Waals surface area contributed by atoms with Gasteiger partial charge in [-0.15, -0.1) is 0 Å². The molecular formula is C33H19N5Se. The van der Waals surface area contributed by atoms with Crippen molar-refractivity contribution in [3.8, 4) is 50.4 Å². The van der Waals surface area contributed by atoms with Crippen LogP contribution >= 0.6 is 0 Å². The van der Waals surface area contributed by atoms with E-state index in [-0.39, 0.29) is 14.5 Å². The van der Waals surface area contributed by atoms with Gasteiger partial charge in [-0.2, -0.15) is 5.26 Å². The topological polar surface area (TPSA) is 75.3 Å². The predicted octanol–water partition coefficient (Wildman–Crippen LogP) is 7.17. The summed E-state index contributed by atoms with van der Waals surface area (Å²) in [6, 6.07) is 40.5. The Labute approximate surface area is 230 Å². The molecule has 5 aromatic carbocycles. The first-order chi connectivity index (χ1) is 19.2. The molecule has 0 radical (unpaired) electrons. The quantitative estimate of drug-likeness (QED) is 0.212. The fraction of sp³-hybridized carbons (Fsp3) is 0. The second kappa shape index (κ2) is 9.74. The summed E-state index contributed by atoms with van der Waals surface area (Å²) in [5.41, 5.74) is 5.40. The fourth-order valence-corrected chi connectivity index (χ4v) is 6.95. The maximum absolute atomic E-state index is 9.41. The summed E-state index contributed by atoms with van der Waals surface area (Å²) < 4.78 is 2.46. The van der Waals surface area contributed by atoms with Gasteiger partial charge < -0.3 is 0 Å². The van der Waals surface area contributed by atoms with Gasteiger partial charge in [0.15, 0.2) is 0 Å². The monoisotopic (exact) mass is 565 g/mol. The van der Waals surface area contributed by atoms with Crippen molar-refractivity contribution in [3.63, 3.8) is 0 Å². The Balaban J connectivity index is 1.37. The van der Waals surface area contributed by atoms with Gasteiger partial charge in [0.05, 0.1) is 0 Å². The SMILES string of the molecule is N#Cc1cccc(-c2nc(-c3ccccc3)nc(-c3ccc4c(ccc5nc(-c6ccccc6)[se]c54)c3)n2)c1. The first-order valence-electron chi connectivity index (χ1n) is 12.5. The third-order valence-electron chi connectivity index (χ3n) is 6.57. The van der Waals surface area contributed by atoms with E-state index in [2.05, 4.69) is 60.7 Å². The molecule has 0 aliphatic carbocycles. The van der Waals surface area contributed by atoms with Gasteiger partial charge in [-0.05, 0) is 0 Å². The molecule has 2 aromatic heterocycles. The second-order valence-corrected chi connectivity index (χ2v) is 11.2. The standard InChI is InChI=1S/C33H19N5Se/c34-20-21-8-7-13-25(18-21)31-36-30(22-9-3-1-4-10-22)37-32(38-31)26-14-16-27-24(19-26)15-17-28-29(27)39-33(35-28)23-11-5-2-6-12-23/h1-19H. The van der Waals surface area contributed by atoms with E-state index in [4.69, 9.17) is 19.9 Å². The van der Waals surface area contributed by atoms with Crippen molar-refractivity contribution in [1.29, 1.82) is 5.26 Å². The number of fused-ring (bicyclic) bond motifs is 3. The first kappa shape index (κ1) is 23.2. The molecule has 7 aromatic rings. The van der Waals surface area contributed by atoms with Gasteiger partial charge in [-0.1, -0.05) is 0 Å². The van der Waals surface area contributed by atoms with Crippen LogP contribution in [0.5, 0.6) is 0 Å².